The topological polar surface area (TPSA) is 136 Å². The van der Waals surface area contributed by atoms with Crippen molar-refractivity contribution in [3.8, 4) is 0 Å². The molecule has 0 spiro atoms. The van der Waals surface area contributed by atoms with Crippen molar-refractivity contribution in [3.05, 3.63) is 35.9 Å². The Bertz CT molecular complexity index is 787. The average Bonchev–Trinajstić information content (AvgIpc) is 2.49. The second kappa shape index (κ2) is 6.65. The lowest BCUT2D eigenvalue weighted by molar-refractivity contribution is -0.135. The zero-order chi connectivity index (χ0) is 17.0. The number of aliphatic carboxylic acids is 2. The second-order valence-corrected chi connectivity index (χ2v) is 4.69. The summed E-state index contributed by atoms with van der Waals surface area (Å²) in [4.78, 5) is 33.1. The molecule has 0 aromatic heterocycles. The van der Waals surface area contributed by atoms with E-state index < -0.39 is 31.0 Å². The molecule has 0 aliphatic rings. The molecule has 0 aliphatic carbocycles. The van der Waals surface area contributed by atoms with E-state index >= 15 is 0 Å². The standard InChI is InChI=1S/C15H14N2O6/c18-11(19)6-16-10-5-8-3-1-2-4-9(8)14(13(10)15(22)23)17-7-12(20)21/h1-5,16-17H,6-7H2,(H,18,19)(H,20,21)(H,22,23). The van der Waals surface area contributed by atoms with Gasteiger partial charge in [0, 0.05) is 5.39 Å². The van der Waals surface area contributed by atoms with Crippen LogP contribution in [0, 0.1) is 0 Å². The van der Waals surface area contributed by atoms with Crippen LogP contribution >= 0.6 is 0 Å². The van der Waals surface area contributed by atoms with E-state index in [1.165, 1.54) is 6.07 Å². The van der Waals surface area contributed by atoms with Gasteiger partial charge in [-0.15, -0.1) is 0 Å². The fraction of sp³-hybridized carbons (Fsp3) is 0.133. The average molecular weight is 318 g/mol. The van der Waals surface area contributed by atoms with Crippen LogP contribution in [0.5, 0.6) is 0 Å². The summed E-state index contributed by atoms with van der Waals surface area (Å²) >= 11 is 0. The molecule has 0 radical (unpaired) electrons. The van der Waals surface area contributed by atoms with Crippen molar-refractivity contribution in [2.75, 3.05) is 23.7 Å². The Morgan fingerprint density at radius 1 is 0.913 bits per heavy atom. The van der Waals surface area contributed by atoms with Crippen molar-refractivity contribution in [3.63, 3.8) is 0 Å². The first-order chi connectivity index (χ1) is 10.9. The number of anilines is 2. The third kappa shape index (κ3) is 3.67. The summed E-state index contributed by atoms with van der Waals surface area (Å²) < 4.78 is 0. The number of carbonyl (C=O) groups is 3. The van der Waals surface area contributed by atoms with Gasteiger partial charge in [-0.05, 0) is 11.5 Å². The third-order valence-electron chi connectivity index (χ3n) is 3.11. The van der Waals surface area contributed by atoms with E-state index in [1.807, 2.05) is 0 Å². The van der Waals surface area contributed by atoms with E-state index in [1.54, 1.807) is 24.3 Å². The Balaban J connectivity index is 2.64. The van der Waals surface area contributed by atoms with E-state index in [-0.39, 0.29) is 16.9 Å². The quantitative estimate of drug-likeness (QED) is 0.518. The molecule has 8 nitrogen and oxygen atoms in total. The number of hydrogen-bond donors (Lipinski definition) is 5. The van der Waals surface area contributed by atoms with Crippen LogP contribution in [-0.2, 0) is 9.59 Å². The van der Waals surface area contributed by atoms with Gasteiger partial charge in [-0.1, -0.05) is 24.3 Å². The number of carboxylic acids is 3. The molecule has 0 bridgehead atoms. The molecule has 2 aromatic rings. The van der Waals surface area contributed by atoms with E-state index in [0.29, 0.717) is 10.8 Å². The Morgan fingerprint density at radius 2 is 1.52 bits per heavy atom. The maximum absolute atomic E-state index is 11.6. The van der Waals surface area contributed by atoms with E-state index in [4.69, 9.17) is 10.2 Å². The molecule has 120 valence electrons. The fourth-order valence-corrected chi connectivity index (χ4v) is 2.23. The Labute approximate surface area is 130 Å². The summed E-state index contributed by atoms with van der Waals surface area (Å²) in [6, 6.07) is 8.34. The molecule has 0 atom stereocenters. The number of nitrogens with one attached hydrogen (secondary N) is 2. The van der Waals surface area contributed by atoms with Gasteiger partial charge in [0.2, 0.25) is 0 Å². The lowest BCUT2D eigenvalue weighted by Crippen LogP contribution is -2.18. The van der Waals surface area contributed by atoms with Crippen molar-refractivity contribution in [1.29, 1.82) is 0 Å². The Hall–Kier alpha value is -3.29. The van der Waals surface area contributed by atoms with Crippen LogP contribution in [0.2, 0.25) is 0 Å². The van der Waals surface area contributed by atoms with Crippen LogP contribution in [0.4, 0.5) is 11.4 Å². The van der Waals surface area contributed by atoms with Crippen LogP contribution < -0.4 is 10.6 Å². The van der Waals surface area contributed by atoms with Gasteiger partial charge < -0.3 is 26.0 Å². The highest BCUT2D eigenvalue weighted by atomic mass is 16.4. The van der Waals surface area contributed by atoms with Crippen LogP contribution in [-0.4, -0.2) is 46.3 Å². The lowest BCUT2D eigenvalue weighted by atomic mass is 10.0. The lowest BCUT2D eigenvalue weighted by Gasteiger charge is -2.16. The minimum absolute atomic E-state index is 0.103. The van der Waals surface area contributed by atoms with Crippen LogP contribution in [0.25, 0.3) is 10.8 Å². The fourth-order valence-electron chi connectivity index (χ4n) is 2.23. The maximum Gasteiger partial charge on any atom is 0.339 e. The second-order valence-electron chi connectivity index (χ2n) is 4.69. The smallest absolute Gasteiger partial charge is 0.339 e. The number of carboxylic acid groups (broad SMARTS) is 3. The molecule has 23 heavy (non-hydrogen) atoms. The van der Waals surface area contributed by atoms with E-state index in [0.717, 1.165) is 0 Å². The summed E-state index contributed by atoms with van der Waals surface area (Å²) in [5, 5.41) is 33.4. The number of fused-ring (bicyclic) bond motifs is 1. The molecule has 5 N–H and O–H groups in total. The van der Waals surface area contributed by atoms with E-state index in [2.05, 4.69) is 10.6 Å². The van der Waals surface area contributed by atoms with Crippen molar-refractivity contribution >= 4 is 40.1 Å². The molecule has 0 heterocycles. The van der Waals surface area contributed by atoms with Crippen LogP contribution in [0.15, 0.2) is 30.3 Å². The highest BCUT2D eigenvalue weighted by molar-refractivity contribution is 6.11. The molecule has 0 fully saturated rings. The first-order valence-corrected chi connectivity index (χ1v) is 6.60. The Kier molecular flexibility index (Phi) is 4.65. The van der Waals surface area contributed by atoms with Gasteiger partial charge in [0.05, 0.1) is 11.4 Å². The first-order valence-electron chi connectivity index (χ1n) is 6.60. The van der Waals surface area contributed by atoms with Gasteiger partial charge in [0.1, 0.15) is 18.7 Å². The summed E-state index contributed by atoms with van der Waals surface area (Å²) in [7, 11) is 0. The van der Waals surface area contributed by atoms with E-state index in [9.17, 15) is 19.5 Å². The molecular weight excluding hydrogens is 304 g/mol. The molecule has 0 saturated heterocycles. The summed E-state index contributed by atoms with van der Waals surface area (Å²) in [6.07, 6.45) is 0. The van der Waals surface area contributed by atoms with Crippen molar-refractivity contribution in [2.24, 2.45) is 0 Å². The highest BCUT2D eigenvalue weighted by Gasteiger charge is 2.20. The number of hydrogen-bond acceptors (Lipinski definition) is 5. The van der Waals surface area contributed by atoms with Gasteiger partial charge >= 0.3 is 17.9 Å². The summed E-state index contributed by atoms with van der Waals surface area (Å²) in [5.41, 5.74) is 0.0311. The predicted octanol–water partition coefficient (Wildman–Crippen LogP) is 1.53. The van der Waals surface area contributed by atoms with Crippen LogP contribution in [0.3, 0.4) is 0 Å². The molecule has 0 amide bonds. The summed E-state index contributed by atoms with van der Waals surface area (Å²) in [6.45, 7) is -0.927. The number of benzene rings is 2. The van der Waals surface area contributed by atoms with Crippen molar-refractivity contribution in [1.82, 2.24) is 0 Å². The zero-order valence-electron chi connectivity index (χ0n) is 11.9. The highest BCUT2D eigenvalue weighted by Crippen LogP contribution is 2.33. The molecule has 2 rings (SSSR count). The first kappa shape index (κ1) is 16.1. The van der Waals surface area contributed by atoms with Gasteiger partial charge in [-0.25, -0.2) is 4.79 Å². The third-order valence-corrected chi connectivity index (χ3v) is 3.11. The van der Waals surface area contributed by atoms with Crippen molar-refractivity contribution < 1.29 is 29.7 Å². The molecule has 0 unspecified atom stereocenters. The zero-order valence-corrected chi connectivity index (χ0v) is 11.9. The minimum atomic E-state index is -1.29. The van der Waals surface area contributed by atoms with Gasteiger partial charge in [0.15, 0.2) is 0 Å². The molecule has 0 saturated carbocycles. The van der Waals surface area contributed by atoms with Gasteiger partial charge in [-0.2, -0.15) is 0 Å². The minimum Gasteiger partial charge on any atom is -0.480 e. The predicted molar refractivity (Wildman–Crippen MR) is 83.2 cm³/mol. The monoisotopic (exact) mass is 318 g/mol. The van der Waals surface area contributed by atoms with Crippen LogP contribution in [0.1, 0.15) is 10.4 Å². The largest absolute Gasteiger partial charge is 0.480 e. The molecule has 0 aliphatic heterocycles. The normalized spacial score (nSPS) is 10.3. The molecular formula is C15H14N2O6. The molecule has 8 heteroatoms. The maximum atomic E-state index is 11.6. The molecule has 2 aromatic carbocycles. The SMILES string of the molecule is O=C(O)CNc1cc2ccccc2c(NCC(=O)O)c1C(=O)O. The van der Waals surface area contributed by atoms with Crippen molar-refractivity contribution in [2.45, 2.75) is 0 Å². The summed E-state index contributed by atoms with van der Waals surface area (Å²) in [5.74, 6) is -3.58. The Morgan fingerprint density at radius 3 is 2.13 bits per heavy atom. The van der Waals surface area contributed by atoms with Gasteiger partial charge in [-0.3, -0.25) is 9.59 Å². The number of aromatic carboxylic acids is 1. The van der Waals surface area contributed by atoms with Gasteiger partial charge in [0.25, 0.3) is 0 Å². The number of rotatable bonds is 7.